The Labute approximate surface area is 224 Å². The Morgan fingerprint density at radius 2 is 1.65 bits per heavy atom. The molecular formula is C27H28Cl2N2O6. The van der Waals surface area contributed by atoms with Gasteiger partial charge in [0, 0.05) is 27.9 Å². The van der Waals surface area contributed by atoms with Gasteiger partial charge in [0.15, 0.2) is 5.72 Å². The third-order valence-electron chi connectivity index (χ3n) is 6.49. The van der Waals surface area contributed by atoms with Gasteiger partial charge < -0.3 is 25.2 Å². The number of benzene rings is 2. The van der Waals surface area contributed by atoms with Crippen molar-refractivity contribution in [2.24, 2.45) is 5.92 Å². The lowest BCUT2D eigenvalue weighted by molar-refractivity contribution is -0.347. The predicted octanol–water partition coefficient (Wildman–Crippen LogP) is 3.76. The lowest BCUT2D eigenvalue weighted by Crippen LogP contribution is -2.49. The highest BCUT2D eigenvalue weighted by atomic mass is 35.5. The molecule has 1 unspecified atom stereocenters. The van der Waals surface area contributed by atoms with Crippen molar-refractivity contribution in [2.45, 2.75) is 44.6 Å². The third kappa shape index (κ3) is 5.37. The second kappa shape index (κ2) is 9.96. The van der Waals surface area contributed by atoms with Gasteiger partial charge in [-0.2, -0.15) is 0 Å². The molecule has 196 valence electrons. The molecule has 1 aliphatic heterocycles. The number of rotatable bonds is 8. The van der Waals surface area contributed by atoms with E-state index in [1.807, 2.05) is 0 Å². The first-order valence-corrected chi connectivity index (χ1v) is 12.4. The van der Waals surface area contributed by atoms with Gasteiger partial charge in [-0.05, 0) is 49.7 Å². The van der Waals surface area contributed by atoms with E-state index in [9.17, 15) is 25.2 Å². The highest BCUT2D eigenvalue weighted by Gasteiger charge is 2.53. The number of carbonyl (C=O) groups excluding carboxylic acids is 1. The number of ether oxygens (including phenoxy) is 1. The summed E-state index contributed by atoms with van der Waals surface area (Å²) >= 11 is 12.2. The second-order valence-electron chi connectivity index (χ2n) is 9.73. The Bertz CT molecular complexity index is 1290. The minimum atomic E-state index is -3.00. The van der Waals surface area contributed by atoms with Gasteiger partial charge in [0.05, 0.1) is 35.4 Å². The molecule has 2 aromatic carbocycles. The summed E-state index contributed by atoms with van der Waals surface area (Å²) in [5, 5.41) is 40.7. The smallest absolute Gasteiger partial charge is 0.280 e. The van der Waals surface area contributed by atoms with Crippen molar-refractivity contribution in [2.75, 3.05) is 6.61 Å². The maximum absolute atomic E-state index is 14.0. The number of aliphatic hydroxyl groups is 4. The Balaban J connectivity index is 1.93. The zero-order valence-electron chi connectivity index (χ0n) is 20.5. The molecule has 4 N–H and O–H groups in total. The predicted molar refractivity (Wildman–Crippen MR) is 138 cm³/mol. The van der Waals surface area contributed by atoms with E-state index < -0.39 is 23.2 Å². The standard InChI is InChI=1S/C27H28Cl2N2O6/c1-16(27(34,35)36)15-37-26(17-4-7-19(28)8-5-17)23-11-6-18(25(2,3)33)12-22(23)24(32)31(26)14-21-10-9-20(29)13-30-21/h4-13,16,33-36H,14-15H2,1-3H3/t16-,26?/m0/s1. The Kier molecular flexibility index (Phi) is 7.40. The van der Waals surface area contributed by atoms with Crippen LogP contribution in [0.4, 0.5) is 0 Å². The van der Waals surface area contributed by atoms with Crippen molar-refractivity contribution < 1.29 is 30.0 Å². The Morgan fingerprint density at radius 1 is 1.00 bits per heavy atom. The molecule has 0 aliphatic carbocycles. The number of halogens is 2. The minimum Gasteiger partial charge on any atom is -0.386 e. The summed E-state index contributed by atoms with van der Waals surface area (Å²) in [6, 6.07) is 15.1. The van der Waals surface area contributed by atoms with E-state index in [0.717, 1.165) is 0 Å². The SMILES string of the molecule is C[C@@H](COC1(c2ccc(Cl)cc2)c2ccc(C(C)(C)O)cc2C(=O)N1Cc1ccc(Cl)cn1)C(O)(O)O. The monoisotopic (exact) mass is 546 g/mol. The Hall–Kier alpha value is -2.56. The van der Waals surface area contributed by atoms with Gasteiger partial charge in [0.25, 0.3) is 11.9 Å². The molecule has 3 aromatic rings. The van der Waals surface area contributed by atoms with Crippen molar-refractivity contribution in [3.8, 4) is 0 Å². The van der Waals surface area contributed by atoms with E-state index in [0.29, 0.717) is 38.0 Å². The average molecular weight is 547 g/mol. The van der Waals surface area contributed by atoms with Gasteiger partial charge in [-0.1, -0.05) is 54.4 Å². The quantitative estimate of drug-likeness (QED) is 0.317. The molecule has 1 aliphatic rings. The summed E-state index contributed by atoms with van der Waals surface area (Å²) in [5.41, 5.74) is -0.360. The van der Waals surface area contributed by atoms with E-state index in [1.165, 1.54) is 18.0 Å². The maximum atomic E-state index is 14.0. The lowest BCUT2D eigenvalue weighted by Gasteiger charge is -2.40. The van der Waals surface area contributed by atoms with E-state index in [4.69, 9.17) is 27.9 Å². The largest absolute Gasteiger partial charge is 0.386 e. The normalized spacial score (nSPS) is 18.7. The van der Waals surface area contributed by atoms with Gasteiger partial charge in [-0.3, -0.25) is 14.7 Å². The van der Waals surface area contributed by atoms with Crippen LogP contribution in [-0.4, -0.2) is 48.8 Å². The number of aromatic nitrogens is 1. The molecule has 8 nitrogen and oxygen atoms in total. The van der Waals surface area contributed by atoms with Crippen LogP contribution in [0.3, 0.4) is 0 Å². The van der Waals surface area contributed by atoms with Crippen LogP contribution in [-0.2, 0) is 22.6 Å². The molecule has 0 saturated heterocycles. The molecule has 4 rings (SSSR count). The molecule has 0 radical (unpaired) electrons. The van der Waals surface area contributed by atoms with Gasteiger partial charge in [-0.15, -0.1) is 0 Å². The summed E-state index contributed by atoms with van der Waals surface area (Å²) in [5.74, 6) is -4.52. The third-order valence-corrected chi connectivity index (χ3v) is 6.97. The van der Waals surface area contributed by atoms with Crippen LogP contribution in [0.2, 0.25) is 10.0 Å². The number of hydrogen-bond acceptors (Lipinski definition) is 7. The van der Waals surface area contributed by atoms with Crippen molar-refractivity contribution >= 4 is 29.1 Å². The van der Waals surface area contributed by atoms with Gasteiger partial charge in [-0.25, -0.2) is 0 Å². The van der Waals surface area contributed by atoms with Crippen LogP contribution in [0.5, 0.6) is 0 Å². The van der Waals surface area contributed by atoms with Crippen LogP contribution in [0.1, 0.15) is 53.5 Å². The zero-order chi connectivity index (χ0) is 27.2. The number of hydrogen-bond donors (Lipinski definition) is 4. The molecule has 10 heteroatoms. The van der Waals surface area contributed by atoms with Crippen molar-refractivity contribution in [1.29, 1.82) is 0 Å². The molecule has 0 fully saturated rings. The minimum absolute atomic E-state index is 0.0159. The molecule has 37 heavy (non-hydrogen) atoms. The van der Waals surface area contributed by atoms with E-state index in [2.05, 4.69) is 4.98 Å². The first kappa shape index (κ1) is 27.5. The number of fused-ring (bicyclic) bond motifs is 1. The van der Waals surface area contributed by atoms with Crippen LogP contribution in [0.25, 0.3) is 0 Å². The van der Waals surface area contributed by atoms with Gasteiger partial charge in [0.1, 0.15) is 0 Å². The fraction of sp³-hybridized carbons (Fsp3) is 0.333. The van der Waals surface area contributed by atoms with Crippen LogP contribution in [0, 0.1) is 5.92 Å². The molecule has 0 saturated carbocycles. The highest BCUT2D eigenvalue weighted by molar-refractivity contribution is 6.30. The van der Waals surface area contributed by atoms with Crippen LogP contribution >= 0.6 is 23.2 Å². The lowest BCUT2D eigenvalue weighted by atomic mass is 9.89. The van der Waals surface area contributed by atoms with Crippen LogP contribution < -0.4 is 0 Å². The van der Waals surface area contributed by atoms with Gasteiger partial charge >= 0.3 is 0 Å². The number of carbonyl (C=O) groups is 1. The molecule has 1 aromatic heterocycles. The van der Waals surface area contributed by atoms with Crippen LogP contribution in [0.15, 0.2) is 60.8 Å². The first-order valence-electron chi connectivity index (χ1n) is 11.6. The van der Waals surface area contributed by atoms with E-state index in [1.54, 1.807) is 68.4 Å². The van der Waals surface area contributed by atoms with Crippen molar-refractivity contribution in [3.05, 3.63) is 98.8 Å². The molecular weight excluding hydrogens is 519 g/mol. The molecule has 2 atom stereocenters. The number of amides is 1. The topological polar surface area (TPSA) is 123 Å². The van der Waals surface area contributed by atoms with Gasteiger partial charge in [0.2, 0.25) is 0 Å². The summed E-state index contributed by atoms with van der Waals surface area (Å²) in [6.07, 6.45) is 1.47. The summed E-state index contributed by atoms with van der Waals surface area (Å²) in [6.45, 7) is 4.32. The maximum Gasteiger partial charge on any atom is 0.280 e. The number of nitrogens with zero attached hydrogens (tertiary/aromatic N) is 2. The first-order chi connectivity index (χ1) is 17.2. The molecule has 2 heterocycles. The number of pyridine rings is 1. The summed E-state index contributed by atoms with van der Waals surface area (Å²) in [4.78, 5) is 19.8. The average Bonchev–Trinajstić information content (AvgIpc) is 3.06. The second-order valence-corrected chi connectivity index (χ2v) is 10.6. The summed E-state index contributed by atoms with van der Waals surface area (Å²) in [7, 11) is 0. The highest BCUT2D eigenvalue weighted by Crippen LogP contribution is 2.47. The molecule has 1 amide bonds. The molecule has 0 spiro atoms. The Morgan fingerprint density at radius 3 is 2.22 bits per heavy atom. The van der Waals surface area contributed by atoms with E-state index in [-0.39, 0.29) is 19.1 Å². The molecule has 0 bridgehead atoms. The summed E-state index contributed by atoms with van der Waals surface area (Å²) < 4.78 is 6.40. The van der Waals surface area contributed by atoms with E-state index >= 15 is 0 Å². The van der Waals surface area contributed by atoms with Crippen molar-refractivity contribution in [1.82, 2.24) is 9.88 Å². The van der Waals surface area contributed by atoms with Crippen molar-refractivity contribution in [3.63, 3.8) is 0 Å². The fourth-order valence-corrected chi connectivity index (χ4v) is 4.50. The fourth-order valence-electron chi connectivity index (χ4n) is 4.26. The zero-order valence-corrected chi connectivity index (χ0v) is 22.0.